The molecule has 0 aromatic rings. The van der Waals surface area contributed by atoms with Gasteiger partial charge in [-0.25, -0.2) is 0 Å². The van der Waals surface area contributed by atoms with Crippen molar-refractivity contribution in [3.05, 3.63) is 11.6 Å². The highest BCUT2D eigenvalue weighted by Crippen LogP contribution is 2.76. The van der Waals surface area contributed by atoms with Crippen molar-refractivity contribution in [2.75, 3.05) is 26.4 Å². The van der Waals surface area contributed by atoms with E-state index in [9.17, 15) is 81.7 Å². The first-order valence-corrected chi connectivity index (χ1v) is 30.2. The molecule has 0 radical (unpaired) electrons. The second kappa shape index (κ2) is 24.0. The normalized spacial score (nSPS) is 56.1. The summed E-state index contributed by atoms with van der Waals surface area (Å²) in [6, 6.07) is 0. The van der Waals surface area contributed by atoms with Gasteiger partial charge in [-0.2, -0.15) is 0 Å². The minimum absolute atomic E-state index is 0.103. The fraction of sp³-hybridized carbons (Fsp3) is 0.948. The Morgan fingerprint density at radius 3 is 1.78 bits per heavy atom. The van der Waals surface area contributed by atoms with E-state index in [-0.39, 0.29) is 24.2 Å². The third-order valence-corrected chi connectivity index (χ3v) is 22.7. The van der Waals surface area contributed by atoms with Crippen LogP contribution in [-0.4, -0.2) is 274 Å². The first-order valence-electron chi connectivity index (χ1n) is 30.2. The molecule has 9 fully saturated rings. The van der Waals surface area contributed by atoms with Gasteiger partial charge < -0.3 is 129 Å². The number of esters is 1. The number of fused-ring (bicyclic) bond motifs is 7. The summed E-state index contributed by atoms with van der Waals surface area (Å²) in [7, 11) is 0. The summed E-state index contributed by atoms with van der Waals surface area (Å²) < 4.78 is 59.1. The second-order valence-electron chi connectivity index (χ2n) is 28.3. The van der Waals surface area contributed by atoms with Crippen molar-refractivity contribution in [1.29, 1.82) is 0 Å². The molecule has 27 nitrogen and oxygen atoms in total. The molecule has 0 aromatic carbocycles. The average Bonchev–Trinajstić information content (AvgIpc) is 0.681. The topological polar surface area (TPSA) is 433 Å². The Balaban J connectivity index is 0.852. The lowest BCUT2D eigenvalue weighted by molar-refractivity contribution is -0.377. The Hall–Kier alpha value is -1.79. The van der Waals surface area contributed by atoms with Crippen LogP contribution in [0.5, 0.6) is 0 Å². The molecule has 0 spiro atoms. The molecule has 0 aromatic heterocycles. The van der Waals surface area contributed by atoms with Crippen LogP contribution in [0.4, 0.5) is 0 Å². The highest BCUT2D eigenvalue weighted by Gasteiger charge is 2.73. The van der Waals surface area contributed by atoms with Gasteiger partial charge in [0.2, 0.25) is 6.29 Å². The largest absolute Gasteiger partial charge is 0.432 e. The third-order valence-electron chi connectivity index (χ3n) is 22.7. The highest BCUT2D eigenvalue weighted by atomic mass is 16.8. The summed E-state index contributed by atoms with van der Waals surface area (Å²) in [6.45, 7) is 13.0. The molecular formula is C58H94O27. The molecule has 0 unspecified atom stereocenters. The van der Waals surface area contributed by atoms with E-state index in [1.165, 1.54) is 13.8 Å². The van der Waals surface area contributed by atoms with Gasteiger partial charge in [0, 0.05) is 11.3 Å². The summed E-state index contributed by atoms with van der Waals surface area (Å²) in [4.78, 5) is 15.4. The zero-order valence-electron chi connectivity index (χ0n) is 49.5. The van der Waals surface area contributed by atoms with E-state index in [1.54, 1.807) is 6.92 Å². The van der Waals surface area contributed by atoms with Crippen LogP contribution in [0.1, 0.15) is 107 Å². The van der Waals surface area contributed by atoms with Gasteiger partial charge in [-0.05, 0) is 98.7 Å². The molecule has 5 saturated heterocycles. The first kappa shape index (κ1) is 66.1. The van der Waals surface area contributed by atoms with Gasteiger partial charge in [-0.1, -0.05) is 53.2 Å². The van der Waals surface area contributed by atoms with E-state index in [0.29, 0.717) is 38.5 Å². The summed E-state index contributed by atoms with van der Waals surface area (Å²) in [5.74, 6) is -1.92. The molecule has 27 heteroatoms. The van der Waals surface area contributed by atoms with Crippen molar-refractivity contribution in [2.45, 2.75) is 266 Å². The zero-order valence-corrected chi connectivity index (χ0v) is 49.5. The fourth-order valence-electron chi connectivity index (χ4n) is 17.7. The van der Waals surface area contributed by atoms with E-state index in [0.717, 1.165) is 5.57 Å². The predicted octanol–water partition coefficient (Wildman–Crippen LogP) is -3.96. The van der Waals surface area contributed by atoms with E-state index < -0.39 is 231 Å². The second-order valence-corrected chi connectivity index (χ2v) is 28.3. The lowest BCUT2D eigenvalue weighted by Crippen LogP contribution is -2.72. The van der Waals surface area contributed by atoms with E-state index in [1.807, 2.05) is 6.92 Å². The maximum Gasteiger partial charge on any atom is 0.315 e. The molecule has 5 heterocycles. The molecule has 16 N–H and O–H groups in total. The van der Waals surface area contributed by atoms with E-state index in [2.05, 4.69) is 33.8 Å². The number of carbonyl (C=O) groups is 1. The van der Waals surface area contributed by atoms with Crippen molar-refractivity contribution in [3.63, 3.8) is 0 Å². The predicted molar refractivity (Wildman–Crippen MR) is 285 cm³/mol. The molecule has 0 amide bonds. The SMILES string of the molecule is C[C@@H]1O[C@@H](O[C@@H]2[C@@H](O)[C@H](O[C@@H]3[C@@H](O)[C@@H](O)[C@H](O[C@H]4[C@H](OC(=O)[C@]56CCC(C)(C)C[C@H]5C5=CC[C@@H]7[C@@]8(C)C[C@H](O)[C@H](O[C@@H]9O[C@H](CO)[C@@H](O)[C@H](O)[C@H]9O)[C@@](C)(CO)[C@@H]8[C@H](O)C[C@@]7(C)[C@]5(C)CC6)OC[C@@H](O)[C@@H]4O)O[C@H]3C)OC[C@H]2O)[C@H](O)[C@H](O)[C@H]1O. The standard InChI is InChI=1S/C58H94O27/c1-22-32(65)35(68)38(71)48(78-22)82-43-29(64)20-76-47(41(43)74)81-42-23(2)79-49(40(73)37(42)70)83-44-33(66)28(63)19-77-51(44)85-52(75)58-13-11-53(3,4)15-25(58)24-9-10-31-54(5)16-27(62)46(84-50-39(72)36(69)34(67)30(18-59)80-50)55(6,21-60)45(54)26(61)17-57(31,8)56(24,7)12-14-58/h9,22-23,25-51,59-74H,10-21H2,1-8H3/t22-,23-,25-,26+,27-,28+,29+,30+,31+,32-,33-,34+,35+,36-,37-,38+,39+,40+,41+,42-,43-,44+,45+,46-,47-,48-,49-,50-,51-,54+,55-,56+,57+,58-/m0/s1. The van der Waals surface area contributed by atoms with Crippen molar-refractivity contribution in [1.82, 2.24) is 0 Å². The number of aliphatic hydroxyl groups excluding tert-OH is 16. The van der Waals surface area contributed by atoms with Crippen molar-refractivity contribution >= 4 is 5.97 Å². The lowest BCUT2D eigenvalue weighted by Gasteiger charge is -2.72. The molecule has 10 aliphatic rings. The third kappa shape index (κ3) is 10.9. The summed E-state index contributed by atoms with van der Waals surface area (Å²) in [6.07, 6.45) is -35.1. The molecule has 4 saturated carbocycles. The van der Waals surface area contributed by atoms with Crippen LogP contribution in [0.3, 0.4) is 0 Å². The van der Waals surface area contributed by atoms with Crippen molar-refractivity contribution in [2.24, 2.45) is 50.2 Å². The number of allylic oxidation sites excluding steroid dienone is 2. The highest BCUT2D eigenvalue weighted by molar-refractivity contribution is 5.79. The quantitative estimate of drug-likeness (QED) is 0.0504. The van der Waals surface area contributed by atoms with Crippen LogP contribution in [0.2, 0.25) is 0 Å². The monoisotopic (exact) mass is 1220 g/mol. The fourth-order valence-corrected chi connectivity index (χ4v) is 17.7. The molecule has 85 heavy (non-hydrogen) atoms. The van der Waals surface area contributed by atoms with Crippen LogP contribution in [0.15, 0.2) is 11.6 Å². The summed E-state index contributed by atoms with van der Waals surface area (Å²) in [5, 5.41) is 177. The minimum atomic E-state index is -1.96. The minimum Gasteiger partial charge on any atom is -0.432 e. The molecular weight excluding hydrogens is 1130 g/mol. The number of hydrogen-bond acceptors (Lipinski definition) is 27. The number of rotatable bonds is 12. The Kier molecular flexibility index (Phi) is 18.7. The number of aliphatic hydroxyl groups is 16. The number of ether oxygens (including phenoxy) is 10. The molecule has 0 bridgehead atoms. The van der Waals surface area contributed by atoms with Gasteiger partial charge >= 0.3 is 5.97 Å². The maximum absolute atomic E-state index is 15.4. The Morgan fingerprint density at radius 2 is 1.12 bits per heavy atom. The van der Waals surface area contributed by atoms with Gasteiger partial charge in [0.05, 0.1) is 62.4 Å². The number of hydrogen-bond donors (Lipinski definition) is 16. The van der Waals surface area contributed by atoms with Gasteiger partial charge in [0.1, 0.15) is 91.6 Å². The summed E-state index contributed by atoms with van der Waals surface area (Å²) >= 11 is 0. The molecule has 5 aliphatic heterocycles. The molecule has 34 atom stereocenters. The Bertz CT molecular complexity index is 2390. The van der Waals surface area contributed by atoms with Crippen LogP contribution in [0.25, 0.3) is 0 Å². The first-order chi connectivity index (χ1) is 39.7. The van der Waals surface area contributed by atoms with Crippen molar-refractivity contribution in [3.8, 4) is 0 Å². The molecule has 10 rings (SSSR count). The van der Waals surface area contributed by atoms with Crippen molar-refractivity contribution < 1.29 is 134 Å². The number of carbonyl (C=O) groups excluding carboxylic acids is 1. The van der Waals surface area contributed by atoms with Gasteiger partial charge in [0.15, 0.2) is 31.3 Å². The van der Waals surface area contributed by atoms with Crippen LogP contribution < -0.4 is 0 Å². The lowest BCUT2D eigenvalue weighted by atomic mass is 9.33. The molecule has 488 valence electrons. The Morgan fingerprint density at radius 1 is 0.541 bits per heavy atom. The summed E-state index contributed by atoms with van der Waals surface area (Å²) in [5.41, 5.74) is -3.85. The maximum atomic E-state index is 15.4. The van der Waals surface area contributed by atoms with Gasteiger partial charge in [-0.3, -0.25) is 4.79 Å². The van der Waals surface area contributed by atoms with Crippen LogP contribution in [0, 0.1) is 50.2 Å². The van der Waals surface area contributed by atoms with Crippen LogP contribution in [-0.2, 0) is 52.2 Å². The van der Waals surface area contributed by atoms with Crippen LogP contribution >= 0.6 is 0 Å². The van der Waals surface area contributed by atoms with E-state index in [4.69, 9.17) is 47.4 Å². The Labute approximate surface area is 493 Å². The zero-order chi connectivity index (χ0) is 62.2. The molecule has 5 aliphatic carbocycles. The van der Waals surface area contributed by atoms with E-state index >= 15 is 4.79 Å². The van der Waals surface area contributed by atoms with Gasteiger partial charge in [-0.15, -0.1) is 0 Å². The smallest absolute Gasteiger partial charge is 0.315 e. The average molecular weight is 1220 g/mol. The van der Waals surface area contributed by atoms with Gasteiger partial charge in [0.25, 0.3) is 0 Å².